The van der Waals surface area contributed by atoms with Crippen LogP contribution in [-0.2, 0) is 4.79 Å². The molecular weight excluding hydrogens is 458 g/mol. The van der Waals surface area contributed by atoms with Crippen molar-refractivity contribution >= 4 is 5.97 Å². The number of ether oxygens (including phenoxy) is 2. The van der Waals surface area contributed by atoms with E-state index in [1.807, 2.05) is 0 Å². The van der Waals surface area contributed by atoms with Crippen LogP contribution in [0.1, 0.15) is 25.7 Å². The molecule has 1 saturated carbocycles. The maximum atomic E-state index is 14.2. The number of nitrogens with two attached hydrogens (primary N) is 1. The van der Waals surface area contributed by atoms with Gasteiger partial charge < -0.3 is 15.2 Å². The molecule has 4 rings (SSSR count). The maximum Gasteiger partial charge on any atom is 0.491 e. The van der Waals surface area contributed by atoms with Crippen molar-refractivity contribution in [1.82, 2.24) is 19.7 Å². The molecule has 1 aromatic carbocycles. The highest BCUT2D eigenvalue weighted by molar-refractivity contribution is 5.78. The van der Waals surface area contributed by atoms with Crippen LogP contribution in [-0.4, -0.2) is 44.5 Å². The number of carbonyl (C=O) groups excluding carboxylic acids is 1. The summed E-state index contributed by atoms with van der Waals surface area (Å²) < 4.78 is 62.6. The lowest BCUT2D eigenvalue weighted by molar-refractivity contribution is -0.189. The fraction of sp³-hybridized carbons (Fsp3) is 0.364. The molecule has 0 bridgehead atoms. The van der Waals surface area contributed by atoms with E-state index in [0.29, 0.717) is 29.5 Å². The second-order valence-corrected chi connectivity index (χ2v) is 8.00. The number of halogens is 4. The van der Waals surface area contributed by atoms with Crippen molar-refractivity contribution in [2.45, 2.75) is 37.9 Å². The molecule has 1 aliphatic rings. The second-order valence-electron chi connectivity index (χ2n) is 8.00. The predicted octanol–water partition coefficient (Wildman–Crippen LogP) is 3.83. The molecular formula is C22H21F4N5O3. The van der Waals surface area contributed by atoms with Gasteiger partial charge in [-0.2, -0.15) is 18.3 Å². The van der Waals surface area contributed by atoms with Crippen molar-refractivity contribution in [3.05, 3.63) is 48.9 Å². The van der Waals surface area contributed by atoms with E-state index in [4.69, 9.17) is 10.5 Å². The third-order valence-electron chi connectivity index (χ3n) is 5.51. The van der Waals surface area contributed by atoms with E-state index in [2.05, 4.69) is 19.8 Å². The Balaban J connectivity index is 1.48. The Morgan fingerprint density at radius 1 is 1.15 bits per heavy atom. The van der Waals surface area contributed by atoms with Gasteiger partial charge in [0.25, 0.3) is 0 Å². The zero-order valence-corrected chi connectivity index (χ0v) is 17.8. The second kappa shape index (κ2) is 9.75. The van der Waals surface area contributed by atoms with Crippen molar-refractivity contribution < 1.29 is 31.8 Å². The van der Waals surface area contributed by atoms with Crippen LogP contribution in [0.15, 0.2) is 43.1 Å². The molecule has 1 fully saturated rings. The van der Waals surface area contributed by atoms with Crippen molar-refractivity contribution in [3.63, 3.8) is 0 Å². The van der Waals surface area contributed by atoms with Gasteiger partial charge in [0.2, 0.25) is 0 Å². The van der Waals surface area contributed by atoms with Crippen LogP contribution in [0.25, 0.3) is 16.9 Å². The monoisotopic (exact) mass is 479 g/mol. The van der Waals surface area contributed by atoms with Gasteiger partial charge in [0.05, 0.1) is 24.7 Å². The minimum atomic E-state index is -5.23. The number of nitrogens with zero attached hydrogens (tertiary/aromatic N) is 4. The van der Waals surface area contributed by atoms with Crippen LogP contribution in [0.4, 0.5) is 17.6 Å². The largest absolute Gasteiger partial charge is 0.491 e. The maximum absolute atomic E-state index is 14.2. The van der Waals surface area contributed by atoms with E-state index < -0.39 is 23.7 Å². The third-order valence-corrected chi connectivity index (χ3v) is 5.51. The summed E-state index contributed by atoms with van der Waals surface area (Å²) in [6.07, 6.45) is 4.64. The summed E-state index contributed by atoms with van der Waals surface area (Å²) in [7, 11) is 0. The van der Waals surface area contributed by atoms with Gasteiger partial charge in [-0.15, -0.1) is 0 Å². The average molecular weight is 479 g/mol. The quantitative estimate of drug-likeness (QED) is 0.325. The summed E-state index contributed by atoms with van der Waals surface area (Å²) in [5, 5.41) is 4.17. The Bertz CT molecular complexity index is 1160. The van der Waals surface area contributed by atoms with E-state index >= 15 is 0 Å². The van der Waals surface area contributed by atoms with E-state index in [-0.39, 0.29) is 11.7 Å². The van der Waals surface area contributed by atoms with E-state index in [1.54, 1.807) is 12.4 Å². The number of benzene rings is 1. The first kappa shape index (κ1) is 23.6. The summed E-state index contributed by atoms with van der Waals surface area (Å²) in [5.74, 6) is -3.63. The van der Waals surface area contributed by atoms with Crippen molar-refractivity contribution in [2.24, 2.45) is 11.7 Å². The van der Waals surface area contributed by atoms with E-state index in [9.17, 15) is 22.4 Å². The van der Waals surface area contributed by atoms with Crippen LogP contribution >= 0.6 is 0 Å². The Kier molecular flexibility index (Phi) is 6.77. The summed E-state index contributed by atoms with van der Waals surface area (Å²) in [6.45, 7) is 0.505. The van der Waals surface area contributed by atoms with Crippen molar-refractivity contribution in [3.8, 4) is 28.4 Å². The smallest absolute Gasteiger partial charge is 0.489 e. The molecule has 0 unspecified atom stereocenters. The molecule has 12 heteroatoms. The molecule has 0 spiro atoms. The summed E-state index contributed by atoms with van der Waals surface area (Å²) in [6, 6.07) is 3.34. The zero-order valence-electron chi connectivity index (χ0n) is 17.8. The summed E-state index contributed by atoms with van der Waals surface area (Å²) in [5.41, 5.74) is 7.21. The highest BCUT2D eigenvalue weighted by Crippen LogP contribution is 2.30. The van der Waals surface area contributed by atoms with Crippen LogP contribution < -0.4 is 15.2 Å². The molecule has 2 N–H and O–H groups in total. The number of carbonyl (C=O) groups is 1. The lowest BCUT2D eigenvalue weighted by Crippen LogP contribution is -2.28. The highest BCUT2D eigenvalue weighted by Gasteiger charge is 2.41. The summed E-state index contributed by atoms with van der Waals surface area (Å²) >= 11 is 0. The topological polar surface area (TPSA) is 105 Å². The SMILES string of the molecule is NC1CCC(COc2cncnc2-c2cnn(-c3ccc(OC(=O)C(F)(F)F)c(F)c3)c2)CC1. The molecule has 2 heterocycles. The standard InChI is InChI=1S/C22H21F4N5O3/c23-17-7-16(5-6-18(17)34-21(32)22(24,25)26)31-10-14(8-30-31)20-19(9-28-12-29-20)33-11-13-1-3-15(27)4-2-13/h5-10,12-13,15H,1-4,11,27H2. The molecule has 0 radical (unpaired) electrons. The molecule has 0 amide bonds. The fourth-order valence-electron chi connectivity index (χ4n) is 3.66. The van der Waals surface area contributed by atoms with Crippen molar-refractivity contribution in [2.75, 3.05) is 6.61 Å². The Labute approximate surface area is 191 Å². The van der Waals surface area contributed by atoms with Crippen LogP contribution in [0.3, 0.4) is 0 Å². The number of aromatic nitrogens is 4. The van der Waals surface area contributed by atoms with Crippen LogP contribution in [0, 0.1) is 11.7 Å². The average Bonchev–Trinajstić information content (AvgIpc) is 3.30. The van der Waals surface area contributed by atoms with E-state index in [0.717, 1.165) is 37.8 Å². The van der Waals surface area contributed by atoms with Crippen molar-refractivity contribution in [1.29, 1.82) is 0 Å². The molecule has 1 aliphatic carbocycles. The lowest BCUT2D eigenvalue weighted by atomic mass is 9.87. The van der Waals surface area contributed by atoms with Gasteiger partial charge in [-0.3, -0.25) is 0 Å². The van der Waals surface area contributed by atoms with Gasteiger partial charge in [-0.25, -0.2) is 23.8 Å². The predicted molar refractivity (Wildman–Crippen MR) is 112 cm³/mol. The van der Waals surface area contributed by atoms with Gasteiger partial charge in [-0.1, -0.05) is 0 Å². The minimum Gasteiger partial charge on any atom is -0.489 e. The number of alkyl halides is 3. The Morgan fingerprint density at radius 2 is 1.91 bits per heavy atom. The number of hydrogen-bond acceptors (Lipinski definition) is 7. The van der Waals surface area contributed by atoms with E-state index in [1.165, 1.54) is 23.3 Å². The van der Waals surface area contributed by atoms with Gasteiger partial charge in [0, 0.05) is 23.9 Å². The number of esters is 1. The molecule has 3 aromatic rings. The normalized spacial score (nSPS) is 18.5. The van der Waals surface area contributed by atoms with Gasteiger partial charge >= 0.3 is 12.1 Å². The highest BCUT2D eigenvalue weighted by atomic mass is 19.4. The van der Waals surface area contributed by atoms with Gasteiger partial charge in [0.1, 0.15) is 12.0 Å². The first-order valence-corrected chi connectivity index (χ1v) is 10.5. The Morgan fingerprint density at radius 3 is 2.62 bits per heavy atom. The van der Waals surface area contributed by atoms with Gasteiger partial charge in [-0.05, 0) is 43.7 Å². The molecule has 2 aromatic heterocycles. The fourth-order valence-corrected chi connectivity index (χ4v) is 3.66. The number of rotatable bonds is 6. The first-order chi connectivity index (χ1) is 16.2. The zero-order chi connectivity index (χ0) is 24.3. The Hall–Kier alpha value is -3.54. The first-order valence-electron chi connectivity index (χ1n) is 10.5. The van der Waals surface area contributed by atoms with Crippen LogP contribution in [0.5, 0.6) is 11.5 Å². The minimum absolute atomic E-state index is 0.200. The molecule has 34 heavy (non-hydrogen) atoms. The molecule has 0 aliphatic heterocycles. The molecule has 180 valence electrons. The molecule has 8 nitrogen and oxygen atoms in total. The molecule has 0 atom stereocenters. The third kappa shape index (κ3) is 5.50. The summed E-state index contributed by atoms with van der Waals surface area (Å²) in [4.78, 5) is 19.2. The molecule has 0 saturated heterocycles. The van der Waals surface area contributed by atoms with Crippen LogP contribution in [0.2, 0.25) is 0 Å². The lowest BCUT2D eigenvalue weighted by Gasteiger charge is -2.26. The number of hydrogen-bond donors (Lipinski definition) is 1. The van der Waals surface area contributed by atoms with Gasteiger partial charge in [0.15, 0.2) is 17.3 Å².